The number of amides is 1. The van der Waals surface area contributed by atoms with Crippen molar-refractivity contribution in [3.05, 3.63) is 34.4 Å². The Kier molecular flexibility index (Phi) is 3.33. The summed E-state index contributed by atoms with van der Waals surface area (Å²) in [5.74, 6) is -0.744. The zero-order valence-electron chi connectivity index (χ0n) is 7.45. The van der Waals surface area contributed by atoms with Gasteiger partial charge in [-0.2, -0.15) is 0 Å². The Morgan fingerprint density at radius 1 is 1.53 bits per heavy atom. The predicted octanol–water partition coefficient (Wildman–Crippen LogP) is 0.993. The molecule has 0 aromatic heterocycles. The lowest BCUT2D eigenvalue weighted by molar-refractivity contribution is -0.383. The van der Waals surface area contributed by atoms with E-state index in [1.807, 2.05) is 0 Å². The maximum atomic E-state index is 10.9. The van der Waals surface area contributed by atoms with Gasteiger partial charge in [0.1, 0.15) is 11.9 Å². The van der Waals surface area contributed by atoms with Gasteiger partial charge in [-0.1, -0.05) is 17.3 Å². The molecule has 0 aliphatic heterocycles. The smallest absolute Gasteiger partial charge is 0.292 e. The predicted molar refractivity (Wildman–Crippen MR) is 52.0 cm³/mol. The van der Waals surface area contributed by atoms with Gasteiger partial charge < -0.3 is 10.5 Å². The molecular weight excluding hydrogens is 202 g/mol. The van der Waals surface area contributed by atoms with Crippen molar-refractivity contribution < 1.29 is 14.9 Å². The van der Waals surface area contributed by atoms with E-state index in [1.165, 1.54) is 18.2 Å². The number of benzene rings is 1. The highest BCUT2D eigenvalue weighted by molar-refractivity contribution is 6.31. The SMILES string of the molecule is O=C(C=NO)Nc1ccccc1[N+](=O)[O-]. The Morgan fingerprint density at radius 3 is 2.80 bits per heavy atom. The summed E-state index contributed by atoms with van der Waals surface area (Å²) in [7, 11) is 0. The van der Waals surface area contributed by atoms with Crippen LogP contribution in [0.25, 0.3) is 0 Å². The van der Waals surface area contributed by atoms with Crippen LogP contribution in [0, 0.1) is 10.1 Å². The van der Waals surface area contributed by atoms with E-state index in [-0.39, 0.29) is 11.4 Å². The number of hydrogen-bond donors (Lipinski definition) is 2. The number of carbonyl (C=O) groups is 1. The Labute approximate surface area is 84.2 Å². The fourth-order valence-electron chi connectivity index (χ4n) is 0.956. The topological polar surface area (TPSA) is 105 Å². The quantitative estimate of drug-likeness (QED) is 0.335. The maximum absolute atomic E-state index is 10.9. The number of oxime groups is 1. The van der Waals surface area contributed by atoms with Crippen molar-refractivity contribution >= 4 is 23.5 Å². The van der Waals surface area contributed by atoms with E-state index in [2.05, 4.69) is 10.5 Å². The van der Waals surface area contributed by atoms with Crippen LogP contribution in [0.1, 0.15) is 0 Å². The van der Waals surface area contributed by atoms with E-state index in [4.69, 9.17) is 5.21 Å². The number of nitro benzene ring substituents is 1. The lowest BCUT2D eigenvalue weighted by atomic mass is 10.2. The molecule has 15 heavy (non-hydrogen) atoms. The van der Waals surface area contributed by atoms with Crippen LogP contribution in [-0.2, 0) is 4.79 Å². The zero-order chi connectivity index (χ0) is 11.3. The summed E-state index contributed by atoms with van der Waals surface area (Å²) in [6.45, 7) is 0. The van der Waals surface area contributed by atoms with Crippen molar-refractivity contribution in [3.63, 3.8) is 0 Å². The molecule has 1 amide bonds. The number of para-hydroxylation sites is 2. The van der Waals surface area contributed by atoms with Gasteiger partial charge in [-0.15, -0.1) is 0 Å². The van der Waals surface area contributed by atoms with Gasteiger partial charge in [-0.25, -0.2) is 0 Å². The van der Waals surface area contributed by atoms with E-state index < -0.39 is 10.8 Å². The highest BCUT2D eigenvalue weighted by Crippen LogP contribution is 2.22. The normalized spacial score (nSPS) is 10.1. The van der Waals surface area contributed by atoms with Crippen LogP contribution in [0.3, 0.4) is 0 Å². The molecule has 78 valence electrons. The fraction of sp³-hybridized carbons (Fsp3) is 0. The van der Waals surface area contributed by atoms with Crippen LogP contribution >= 0.6 is 0 Å². The zero-order valence-corrected chi connectivity index (χ0v) is 7.45. The van der Waals surface area contributed by atoms with Gasteiger partial charge >= 0.3 is 0 Å². The summed E-state index contributed by atoms with van der Waals surface area (Å²) < 4.78 is 0. The Bertz CT molecular complexity index is 416. The molecule has 1 aromatic rings. The molecule has 0 saturated carbocycles. The average Bonchev–Trinajstić information content (AvgIpc) is 2.18. The standard InChI is InChI=1S/C8H7N3O4/c12-8(5-9-13)10-6-3-1-2-4-7(6)11(14)15/h1-5,13H,(H,10,12). The first-order valence-corrected chi connectivity index (χ1v) is 3.87. The van der Waals surface area contributed by atoms with Gasteiger partial charge in [0.15, 0.2) is 0 Å². The van der Waals surface area contributed by atoms with E-state index in [1.54, 1.807) is 6.07 Å². The Hall–Kier alpha value is -2.44. The molecule has 7 heteroatoms. The van der Waals surface area contributed by atoms with Crippen LogP contribution in [0.5, 0.6) is 0 Å². The fourth-order valence-corrected chi connectivity index (χ4v) is 0.956. The third-order valence-electron chi connectivity index (χ3n) is 1.53. The monoisotopic (exact) mass is 209 g/mol. The summed E-state index contributed by atoms with van der Waals surface area (Å²) in [6, 6.07) is 5.65. The molecule has 0 heterocycles. The number of rotatable bonds is 3. The summed E-state index contributed by atoms with van der Waals surface area (Å²) in [4.78, 5) is 20.9. The van der Waals surface area contributed by atoms with Crippen molar-refractivity contribution in [2.75, 3.05) is 5.32 Å². The molecule has 1 rings (SSSR count). The van der Waals surface area contributed by atoms with Crippen molar-refractivity contribution in [2.24, 2.45) is 5.16 Å². The highest BCUT2D eigenvalue weighted by Gasteiger charge is 2.13. The van der Waals surface area contributed by atoms with Gasteiger partial charge in [0, 0.05) is 6.07 Å². The first-order chi connectivity index (χ1) is 7.15. The second-order valence-corrected chi connectivity index (χ2v) is 2.51. The molecule has 2 N–H and O–H groups in total. The highest BCUT2D eigenvalue weighted by atomic mass is 16.6. The molecule has 0 unspecified atom stereocenters. The first kappa shape index (κ1) is 10.6. The third kappa shape index (κ3) is 2.76. The number of hydrogen-bond acceptors (Lipinski definition) is 5. The van der Waals surface area contributed by atoms with Gasteiger partial charge in [0.2, 0.25) is 0 Å². The molecule has 0 atom stereocenters. The second-order valence-electron chi connectivity index (χ2n) is 2.51. The summed E-state index contributed by atoms with van der Waals surface area (Å²) in [5, 5.41) is 23.3. The molecule has 0 bridgehead atoms. The average molecular weight is 209 g/mol. The molecule has 1 aromatic carbocycles. The van der Waals surface area contributed by atoms with Gasteiger partial charge in [-0.05, 0) is 6.07 Å². The van der Waals surface area contributed by atoms with Gasteiger partial charge in [0.25, 0.3) is 11.6 Å². The molecule has 0 fully saturated rings. The second kappa shape index (κ2) is 4.70. The molecule has 0 saturated heterocycles. The molecular formula is C8H7N3O4. The van der Waals surface area contributed by atoms with E-state index in [9.17, 15) is 14.9 Å². The van der Waals surface area contributed by atoms with Crippen molar-refractivity contribution in [3.8, 4) is 0 Å². The number of nitro groups is 1. The number of carbonyl (C=O) groups excluding carboxylic acids is 1. The third-order valence-corrected chi connectivity index (χ3v) is 1.53. The Balaban J connectivity index is 2.94. The number of nitrogens with one attached hydrogen (secondary N) is 1. The van der Waals surface area contributed by atoms with Crippen molar-refractivity contribution in [1.29, 1.82) is 0 Å². The molecule has 0 radical (unpaired) electrons. The van der Waals surface area contributed by atoms with Gasteiger partial charge in [-0.3, -0.25) is 14.9 Å². The minimum atomic E-state index is -0.744. The summed E-state index contributed by atoms with van der Waals surface area (Å²) in [5.41, 5.74) is -0.176. The van der Waals surface area contributed by atoms with Crippen LogP contribution in [-0.4, -0.2) is 22.3 Å². The van der Waals surface area contributed by atoms with Gasteiger partial charge in [0.05, 0.1) is 4.92 Å². The van der Waals surface area contributed by atoms with Crippen LogP contribution < -0.4 is 5.32 Å². The minimum absolute atomic E-state index is 0.0485. The number of anilines is 1. The Morgan fingerprint density at radius 2 is 2.20 bits per heavy atom. The first-order valence-electron chi connectivity index (χ1n) is 3.87. The number of nitrogens with zero attached hydrogens (tertiary/aromatic N) is 2. The summed E-state index contributed by atoms with van der Waals surface area (Å²) in [6.07, 6.45) is 0.608. The van der Waals surface area contributed by atoms with Crippen LogP contribution in [0.15, 0.2) is 29.4 Å². The maximum Gasteiger partial charge on any atom is 0.292 e. The van der Waals surface area contributed by atoms with Crippen LogP contribution in [0.4, 0.5) is 11.4 Å². The minimum Gasteiger partial charge on any atom is -0.411 e. The van der Waals surface area contributed by atoms with E-state index in [0.717, 1.165) is 0 Å². The summed E-state index contributed by atoms with van der Waals surface area (Å²) >= 11 is 0. The molecule has 0 aliphatic carbocycles. The van der Waals surface area contributed by atoms with Crippen molar-refractivity contribution in [1.82, 2.24) is 0 Å². The van der Waals surface area contributed by atoms with E-state index in [0.29, 0.717) is 6.21 Å². The lowest BCUT2D eigenvalue weighted by Gasteiger charge is -2.01. The molecule has 7 nitrogen and oxygen atoms in total. The molecule has 0 spiro atoms. The van der Waals surface area contributed by atoms with Crippen LogP contribution in [0.2, 0.25) is 0 Å². The lowest BCUT2D eigenvalue weighted by Crippen LogP contribution is -2.13. The van der Waals surface area contributed by atoms with Crippen molar-refractivity contribution in [2.45, 2.75) is 0 Å². The molecule has 0 aliphatic rings. The van der Waals surface area contributed by atoms with E-state index >= 15 is 0 Å². The largest absolute Gasteiger partial charge is 0.411 e.